The van der Waals surface area contributed by atoms with E-state index in [1.165, 1.54) is 24.3 Å². The van der Waals surface area contributed by atoms with Crippen LogP contribution in [0.3, 0.4) is 0 Å². The molecule has 0 aromatic heterocycles. The lowest BCUT2D eigenvalue weighted by Gasteiger charge is -2.31. The number of benzene rings is 1. The Morgan fingerprint density at radius 2 is 1.96 bits per heavy atom. The van der Waals surface area contributed by atoms with Gasteiger partial charge >= 0.3 is 0 Å². The van der Waals surface area contributed by atoms with Gasteiger partial charge < -0.3 is 15.1 Å². The van der Waals surface area contributed by atoms with E-state index in [2.05, 4.69) is 5.32 Å². The monoisotopic (exact) mass is 367 g/mol. The Bertz CT molecular complexity index is 607. The molecule has 1 aromatic rings. The van der Waals surface area contributed by atoms with Gasteiger partial charge in [0.1, 0.15) is 11.9 Å². The second kappa shape index (κ2) is 8.67. The van der Waals surface area contributed by atoms with Crippen LogP contribution in [0.4, 0.5) is 4.39 Å². The summed E-state index contributed by atoms with van der Waals surface area (Å²) in [7, 11) is 3.88. The Labute approximate surface area is 152 Å². The Kier molecular flexibility index (Phi) is 6.84. The van der Waals surface area contributed by atoms with Gasteiger partial charge in [-0.05, 0) is 44.3 Å². The summed E-state index contributed by atoms with van der Waals surface area (Å²) in [6.45, 7) is 5.35. The number of rotatable bonds is 6. The third-order valence-corrected chi connectivity index (χ3v) is 5.71. The molecule has 5 nitrogen and oxygen atoms in total. The predicted molar refractivity (Wildman–Crippen MR) is 99.0 cm³/mol. The van der Waals surface area contributed by atoms with Crippen molar-refractivity contribution in [1.29, 1.82) is 0 Å². The molecule has 1 fully saturated rings. The number of amides is 2. The van der Waals surface area contributed by atoms with Crippen LogP contribution in [0.25, 0.3) is 0 Å². The first-order valence-corrected chi connectivity index (χ1v) is 9.48. The average molecular weight is 367 g/mol. The first-order valence-electron chi connectivity index (χ1n) is 8.43. The van der Waals surface area contributed by atoms with E-state index < -0.39 is 6.04 Å². The molecule has 0 bridgehead atoms. The van der Waals surface area contributed by atoms with Crippen molar-refractivity contribution in [2.24, 2.45) is 5.92 Å². The topological polar surface area (TPSA) is 52.7 Å². The molecule has 2 rings (SSSR count). The molecule has 1 saturated heterocycles. The van der Waals surface area contributed by atoms with Crippen LogP contribution in [-0.4, -0.2) is 66.0 Å². The highest BCUT2D eigenvalue weighted by atomic mass is 32.2. The number of carbonyl (C=O) groups excluding carboxylic acids is 2. The van der Waals surface area contributed by atoms with E-state index >= 15 is 0 Å². The minimum absolute atomic E-state index is 0.0675. The quantitative estimate of drug-likeness (QED) is 0.836. The Morgan fingerprint density at radius 3 is 2.52 bits per heavy atom. The summed E-state index contributed by atoms with van der Waals surface area (Å²) in [5.41, 5.74) is 0.403. The summed E-state index contributed by atoms with van der Waals surface area (Å²) in [4.78, 5) is 29.2. The van der Waals surface area contributed by atoms with Crippen molar-refractivity contribution in [2.45, 2.75) is 25.3 Å². The molecule has 0 unspecified atom stereocenters. The summed E-state index contributed by atoms with van der Waals surface area (Å²) in [6, 6.07) is 4.98. The molecule has 1 heterocycles. The highest BCUT2D eigenvalue weighted by Gasteiger charge is 2.42. The van der Waals surface area contributed by atoms with Crippen molar-refractivity contribution in [3.8, 4) is 0 Å². The molecule has 1 N–H and O–H groups in total. The first kappa shape index (κ1) is 19.7. The minimum atomic E-state index is -0.503. The molecule has 0 saturated carbocycles. The van der Waals surface area contributed by atoms with E-state index in [4.69, 9.17) is 0 Å². The van der Waals surface area contributed by atoms with E-state index in [0.717, 1.165) is 6.54 Å². The smallest absolute Gasteiger partial charge is 0.255 e. The number of thioether (sulfide) groups is 1. The first-order chi connectivity index (χ1) is 11.8. The van der Waals surface area contributed by atoms with Gasteiger partial charge in [0, 0.05) is 24.4 Å². The number of nitrogens with one attached hydrogen (secondary N) is 1. The van der Waals surface area contributed by atoms with E-state index in [9.17, 15) is 14.0 Å². The van der Waals surface area contributed by atoms with Gasteiger partial charge in [-0.15, -0.1) is 11.8 Å². The second-order valence-corrected chi connectivity index (χ2v) is 7.95. The number of hydrogen-bond acceptors (Lipinski definition) is 4. The summed E-state index contributed by atoms with van der Waals surface area (Å²) < 4.78 is 13.1. The lowest BCUT2D eigenvalue weighted by Crippen LogP contribution is -2.51. The third kappa shape index (κ3) is 4.95. The van der Waals surface area contributed by atoms with Crippen LogP contribution in [0.5, 0.6) is 0 Å². The highest BCUT2D eigenvalue weighted by molar-refractivity contribution is 8.00. The summed E-state index contributed by atoms with van der Waals surface area (Å²) in [5, 5.41) is 2.85. The molecule has 2 amide bonds. The summed E-state index contributed by atoms with van der Waals surface area (Å²) in [5.74, 6) is 0.0490. The van der Waals surface area contributed by atoms with Gasteiger partial charge in [0.15, 0.2) is 0 Å². The molecule has 25 heavy (non-hydrogen) atoms. The fourth-order valence-electron chi connectivity index (χ4n) is 2.76. The molecule has 2 atom stereocenters. The van der Waals surface area contributed by atoms with Crippen molar-refractivity contribution in [3.05, 3.63) is 35.6 Å². The van der Waals surface area contributed by atoms with Crippen molar-refractivity contribution in [1.82, 2.24) is 15.1 Å². The van der Waals surface area contributed by atoms with Crippen LogP contribution in [0.15, 0.2) is 24.3 Å². The van der Waals surface area contributed by atoms with Crippen LogP contribution in [0, 0.1) is 11.7 Å². The Balaban J connectivity index is 2.16. The maximum Gasteiger partial charge on any atom is 0.255 e. The maximum absolute atomic E-state index is 13.1. The SMILES string of the molecule is CC(C)[C@@H]1SC[C@H](C(=O)NCCN(C)C)N1C(=O)c1ccc(F)cc1. The fraction of sp³-hybridized carbons (Fsp3) is 0.556. The predicted octanol–water partition coefficient (Wildman–Crippen LogP) is 2.04. The largest absolute Gasteiger partial charge is 0.353 e. The van der Waals surface area contributed by atoms with E-state index in [1.807, 2.05) is 32.8 Å². The Morgan fingerprint density at radius 1 is 1.32 bits per heavy atom. The van der Waals surface area contributed by atoms with Gasteiger partial charge in [-0.1, -0.05) is 13.8 Å². The molecular weight excluding hydrogens is 341 g/mol. The third-order valence-electron chi connectivity index (χ3n) is 4.09. The fourth-order valence-corrected chi connectivity index (χ4v) is 4.24. The summed E-state index contributed by atoms with van der Waals surface area (Å²) in [6.07, 6.45) is 0. The normalized spacial score (nSPS) is 20.4. The van der Waals surface area contributed by atoms with E-state index in [0.29, 0.717) is 17.9 Å². The number of hydrogen-bond donors (Lipinski definition) is 1. The van der Waals surface area contributed by atoms with Crippen LogP contribution < -0.4 is 5.32 Å². The zero-order valence-electron chi connectivity index (χ0n) is 15.2. The van der Waals surface area contributed by atoms with Crippen molar-refractivity contribution < 1.29 is 14.0 Å². The van der Waals surface area contributed by atoms with Crippen LogP contribution in [-0.2, 0) is 4.79 Å². The highest BCUT2D eigenvalue weighted by Crippen LogP contribution is 2.35. The standard InChI is InChI=1S/C18H26FN3O2S/c1-12(2)18-22(17(24)13-5-7-14(19)8-6-13)15(11-25-18)16(23)20-9-10-21(3)4/h5-8,12,15,18H,9-11H2,1-4H3,(H,20,23)/t15-,18+/m1/s1. The lowest BCUT2D eigenvalue weighted by atomic mass is 10.1. The zero-order valence-corrected chi connectivity index (χ0v) is 16.0. The molecule has 1 aliphatic heterocycles. The van der Waals surface area contributed by atoms with Gasteiger partial charge in [-0.3, -0.25) is 9.59 Å². The maximum atomic E-state index is 13.1. The number of likely N-dealkylation sites (N-methyl/N-ethyl adjacent to an activating group) is 1. The lowest BCUT2D eigenvalue weighted by molar-refractivity contribution is -0.125. The molecule has 0 radical (unpaired) electrons. The average Bonchev–Trinajstić information content (AvgIpc) is 2.99. The van der Waals surface area contributed by atoms with Crippen molar-refractivity contribution in [3.63, 3.8) is 0 Å². The molecule has 0 aliphatic carbocycles. The number of nitrogens with zero attached hydrogens (tertiary/aromatic N) is 2. The van der Waals surface area contributed by atoms with Gasteiger partial charge in [0.2, 0.25) is 5.91 Å². The van der Waals surface area contributed by atoms with Gasteiger partial charge in [0.25, 0.3) is 5.91 Å². The molecule has 1 aliphatic rings. The Hall–Kier alpha value is -1.60. The second-order valence-electron chi connectivity index (χ2n) is 6.80. The van der Waals surface area contributed by atoms with Crippen molar-refractivity contribution >= 4 is 23.6 Å². The minimum Gasteiger partial charge on any atom is -0.353 e. The van der Waals surface area contributed by atoms with E-state index in [1.54, 1.807) is 16.7 Å². The molecule has 1 aromatic carbocycles. The molecular formula is C18H26FN3O2S. The number of halogens is 1. The number of carbonyl (C=O) groups is 2. The van der Waals surface area contributed by atoms with Crippen LogP contribution >= 0.6 is 11.8 Å². The van der Waals surface area contributed by atoms with Gasteiger partial charge in [-0.25, -0.2) is 4.39 Å². The molecule has 7 heteroatoms. The van der Waals surface area contributed by atoms with Crippen LogP contribution in [0.2, 0.25) is 0 Å². The van der Waals surface area contributed by atoms with Gasteiger partial charge in [-0.2, -0.15) is 0 Å². The van der Waals surface area contributed by atoms with E-state index in [-0.39, 0.29) is 28.9 Å². The zero-order chi connectivity index (χ0) is 18.6. The molecule has 0 spiro atoms. The van der Waals surface area contributed by atoms with Crippen molar-refractivity contribution in [2.75, 3.05) is 32.9 Å². The molecule has 138 valence electrons. The van der Waals surface area contributed by atoms with Crippen LogP contribution in [0.1, 0.15) is 24.2 Å². The summed E-state index contributed by atoms with van der Waals surface area (Å²) >= 11 is 1.62. The van der Waals surface area contributed by atoms with Gasteiger partial charge in [0.05, 0.1) is 5.37 Å².